The summed E-state index contributed by atoms with van der Waals surface area (Å²) in [5.74, 6) is -0.973. The Bertz CT molecular complexity index is 829. The quantitative estimate of drug-likeness (QED) is 0.773. The number of aryl methyl sites for hydroxylation is 2. The Morgan fingerprint density at radius 1 is 1.30 bits per heavy atom. The molecule has 0 saturated carbocycles. The van der Waals surface area contributed by atoms with Crippen LogP contribution in [-0.2, 0) is 7.05 Å². The number of aromatic carboxylic acids is 1. The van der Waals surface area contributed by atoms with Gasteiger partial charge in [-0.1, -0.05) is 6.07 Å². The number of carboxylic acids is 1. The molecule has 1 N–H and O–H groups in total. The summed E-state index contributed by atoms with van der Waals surface area (Å²) in [4.78, 5) is 15.7. The fourth-order valence-corrected chi connectivity index (χ4v) is 2.45. The standard InChI is InChI=1S/C14H14N4O2/c1-8-13(9(2)17(3)16-8)10-7-18-11(14(19)20)5-4-6-12(18)15-10/h4-7H,1-3H3,(H,19,20). The monoisotopic (exact) mass is 270 g/mol. The van der Waals surface area contributed by atoms with E-state index in [2.05, 4.69) is 10.1 Å². The summed E-state index contributed by atoms with van der Waals surface area (Å²) >= 11 is 0. The van der Waals surface area contributed by atoms with Gasteiger partial charge in [-0.05, 0) is 26.0 Å². The van der Waals surface area contributed by atoms with Crippen molar-refractivity contribution in [2.75, 3.05) is 0 Å². The highest BCUT2D eigenvalue weighted by molar-refractivity contribution is 5.87. The summed E-state index contributed by atoms with van der Waals surface area (Å²) < 4.78 is 3.39. The van der Waals surface area contributed by atoms with Crippen LogP contribution in [0.3, 0.4) is 0 Å². The van der Waals surface area contributed by atoms with Crippen LogP contribution in [0.5, 0.6) is 0 Å². The molecule has 3 aromatic heterocycles. The zero-order valence-electron chi connectivity index (χ0n) is 11.5. The van der Waals surface area contributed by atoms with Crippen LogP contribution in [0.4, 0.5) is 0 Å². The minimum atomic E-state index is -0.973. The van der Waals surface area contributed by atoms with Crippen LogP contribution in [0.1, 0.15) is 21.9 Å². The second-order valence-electron chi connectivity index (χ2n) is 4.74. The van der Waals surface area contributed by atoms with Crippen LogP contribution in [0, 0.1) is 13.8 Å². The van der Waals surface area contributed by atoms with Crippen LogP contribution in [0.25, 0.3) is 16.9 Å². The van der Waals surface area contributed by atoms with Crippen LogP contribution < -0.4 is 0 Å². The Kier molecular flexibility index (Phi) is 2.60. The van der Waals surface area contributed by atoms with E-state index in [0.717, 1.165) is 22.6 Å². The smallest absolute Gasteiger partial charge is 0.352 e. The Morgan fingerprint density at radius 2 is 2.05 bits per heavy atom. The average Bonchev–Trinajstić information content (AvgIpc) is 2.90. The largest absolute Gasteiger partial charge is 0.477 e. The molecule has 0 fully saturated rings. The average molecular weight is 270 g/mol. The molecule has 0 aliphatic rings. The summed E-state index contributed by atoms with van der Waals surface area (Å²) in [6, 6.07) is 5.04. The predicted molar refractivity (Wildman–Crippen MR) is 73.8 cm³/mol. The third-order valence-corrected chi connectivity index (χ3v) is 3.48. The van der Waals surface area contributed by atoms with Crippen LogP contribution in [0.15, 0.2) is 24.4 Å². The number of hydrogen-bond acceptors (Lipinski definition) is 3. The van der Waals surface area contributed by atoms with Gasteiger partial charge in [-0.15, -0.1) is 0 Å². The molecule has 20 heavy (non-hydrogen) atoms. The van der Waals surface area contributed by atoms with Gasteiger partial charge < -0.3 is 5.11 Å². The maximum absolute atomic E-state index is 11.2. The van der Waals surface area contributed by atoms with Gasteiger partial charge in [0.1, 0.15) is 11.3 Å². The van der Waals surface area contributed by atoms with Gasteiger partial charge in [-0.25, -0.2) is 9.78 Å². The van der Waals surface area contributed by atoms with Gasteiger partial charge >= 0.3 is 5.97 Å². The number of rotatable bonds is 2. The van der Waals surface area contributed by atoms with Crippen molar-refractivity contribution in [1.82, 2.24) is 19.2 Å². The first kappa shape index (κ1) is 12.4. The molecule has 0 spiro atoms. The number of hydrogen-bond donors (Lipinski definition) is 1. The van der Waals surface area contributed by atoms with Crippen molar-refractivity contribution in [3.05, 3.63) is 41.5 Å². The summed E-state index contributed by atoms with van der Waals surface area (Å²) in [6.07, 6.45) is 1.75. The van der Waals surface area contributed by atoms with Gasteiger partial charge in [0.2, 0.25) is 0 Å². The van der Waals surface area contributed by atoms with Gasteiger partial charge in [0.25, 0.3) is 0 Å². The van der Waals surface area contributed by atoms with Gasteiger partial charge in [0.05, 0.1) is 11.4 Å². The molecular formula is C14H14N4O2. The summed E-state index contributed by atoms with van der Waals surface area (Å²) in [5, 5.41) is 13.6. The molecule has 0 amide bonds. The predicted octanol–water partition coefficient (Wildman–Crippen LogP) is 2.05. The van der Waals surface area contributed by atoms with Crippen LogP contribution in [0.2, 0.25) is 0 Å². The highest BCUT2D eigenvalue weighted by Crippen LogP contribution is 2.26. The molecule has 6 nitrogen and oxygen atoms in total. The van der Waals surface area contributed by atoms with Gasteiger partial charge in [-0.2, -0.15) is 5.10 Å². The molecule has 0 atom stereocenters. The van der Waals surface area contributed by atoms with Crippen molar-refractivity contribution in [1.29, 1.82) is 0 Å². The van der Waals surface area contributed by atoms with E-state index in [4.69, 9.17) is 0 Å². The van der Waals surface area contributed by atoms with Crippen molar-refractivity contribution < 1.29 is 9.90 Å². The second kappa shape index (κ2) is 4.19. The lowest BCUT2D eigenvalue weighted by Gasteiger charge is -1.98. The highest BCUT2D eigenvalue weighted by Gasteiger charge is 2.16. The number of carboxylic acid groups (broad SMARTS) is 1. The number of imidazole rings is 1. The zero-order valence-corrected chi connectivity index (χ0v) is 11.5. The van der Waals surface area contributed by atoms with Crippen molar-refractivity contribution in [2.45, 2.75) is 13.8 Å². The Hall–Kier alpha value is -2.63. The number of pyridine rings is 1. The number of nitrogens with zero attached hydrogens (tertiary/aromatic N) is 4. The molecule has 0 aromatic carbocycles. The molecule has 102 valence electrons. The Morgan fingerprint density at radius 3 is 2.65 bits per heavy atom. The lowest BCUT2D eigenvalue weighted by Crippen LogP contribution is -2.03. The first-order valence-electron chi connectivity index (χ1n) is 6.21. The molecule has 0 saturated heterocycles. The van der Waals surface area contributed by atoms with E-state index in [0.29, 0.717) is 5.65 Å². The summed E-state index contributed by atoms with van der Waals surface area (Å²) in [7, 11) is 1.88. The molecule has 0 bridgehead atoms. The molecule has 0 aliphatic carbocycles. The van der Waals surface area contributed by atoms with Gasteiger partial charge in [0, 0.05) is 24.5 Å². The number of fused-ring (bicyclic) bond motifs is 1. The van der Waals surface area contributed by atoms with E-state index in [9.17, 15) is 9.90 Å². The first-order valence-corrected chi connectivity index (χ1v) is 6.21. The van der Waals surface area contributed by atoms with E-state index >= 15 is 0 Å². The van der Waals surface area contributed by atoms with Crippen LogP contribution >= 0.6 is 0 Å². The molecule has 0 aliphatic heterocycles. The molecule has 0 radical (unpaired) electrons. The fourth-order valence-electron chi connectivity index (χ4n) is 2.45. The van der Waals surface area contributed by atoms with Crippen molar-refractivity contribution in [3.63, 3.8) is 0 Å². The SMILES string of the molecule is Cc1nn(C)c(C)c1-c1cn2c(C(=O)O)cccc2n1. The van der Waals surface area contributed by atoms with Crippen molar-refractivity contribution in [2.24, 2.45) is 7.05 Å². The van der Waals surface area contributed by atoms with E-state index in [1.54, 1.807) is 33.5 Å². The van der Waals surface area contributed by atoms with Gasteiger partial charge in [0.15, 0.2) is 0 Å². The summed E-state index contributed by atoms with van der Waals surface area (Å²) in [5.41, 5.74) is 4.38. The normalized spacial score (nSPS) is 11.2. The molecule has 6 heteroatoms. The molecular weight excluding hydrogens is 256 g/mol. The number of aromatic nitrogens is 4. The van der Waals surface area contributed by atoms with Gasteiger partial charge in [-0.3, -0.25) is 9.08 Å². The topological polar surface area (TPSA) is 72.4 Å². The number of carbonyl (C=O) groups is 1. The molecule has 3 rings (SSSR count). The minimum absolute atomic E-state index is 0.195. The molecule has 3 heterocycles. The maximum atomic E-state index is 11.2. The second-order valence-corrected chi connectivity index (χ2v) is 4.74. The highest BCUT2D eigenvalue weighted by atomic mass is 16.4. The lowest BCUT2D eigenvalue weighted by atomic mass is 10.1. The Labute approximate surface area is 115 Å². The third-order valence-electron chi connectivity index (χ3n) is 3.48. The van der Waals surface area contributed by atoms with Crippen molar-refractivity contribution >= 4 is 11.6 Å². The third kappa shape index (κ3) is 1.69. The molecule has 0 unspecified atom stereocenters. The first-order chi connectivity index (χ1) is 9.49. The fraction of sp³-hybridized carbons (Fsp3) is 0.214. The van der Waals surface area contributed by atoms with E-state index in [-0.39, 0.29) is 5.69 Å². The van der Waals surface area contributed by atoms with Crippen molar-refractivity contribution in [3.8, 4) is 11.3 Å². The summed E-state index contributed by atoms with van der Waals surface area (Å²) in [6.45, 7) is 3.89. The zero-order chi connectivity index (χ0) is 14.4. The molecule has 3 aromatic rings. The maximum Gasteiger partial charge on any atom is 0.352 e. The van der Waals surface area contributed by atoms with Crippen LogP contribution in [-0.4, -0.2) is 30.2 Å². The van der Waals surface area contributed by atoms with E-state index in [1.165, 1.54) is 0 Å². The lowest BCUT2D eigenvalue weighted by molar-refractivity contribution is 0.0689. The van der Waals surface area contributed by atoms with E-state index < -0.39 is 5.97 Å². The Balaban J connectivity index is 2.29. The minimum Gasteiger partial charge on any atom is -0.477 e. The van der Waals surface area contributed by atoms with E-state index in [1.807, 2.05) is 20.9 Å².